The summed E-state index contributed by atoms with van der Waals surface area (Å²) in [5, 5.41) is 3.34. The van der Waals surface area contributed by atoms with Gasteiger partial charge in [0.1, 0.15) is 0 Å². The lowest BCUT2D eigenvalue weighted by molar-refractivity contribution is 1.56. The van der Waals surface area contributed by atoms with Gasteiger partial charge in [-0.2, -0.15) is 0 Å². The molecule has 1 aliphatic carbocycles. The smallest absolute Gasteiger partial charge is 0.0412 e. The first-order valence-corrected chi connectivity index (χ1v) is 8.78. The Labute approximate surface area is 152 Å². The number of benzene rings is 4. The normalized spacial score (nSPS) is 12.1. The minimum Gasteiger partial charge on any atom is -0.0843 e. The van der Waals surface area contributed by atoms with Crippen molar-refractivity contribution in [2.75, 3.05) is 0 Å². The van der Waals surface area contributed by atoms with Gasteiger partial charge in [-0.3, -0.25) is 0 Å². The molecule has 0 radical (unpaired) electrons. The van der Waals surface area contributed by atoms with Gasteiger partial charge in [-0.1, -0.05) is 78.3 Å². The van der Waals surface area contributed by atoms with Crippen molar-refractivity contribution in [3.05, 3.63) is 118 Å². The number of hydrogen-bond donors (Lipinski definition) is 0. The highest BCUT2D eigenvalue weighted by Crippen LogP contribution is 2.50. The summed E-state index contributed by atoms with van der Waals surface area (Å²) in [5.74, 6) is 0. The Balaban J connectivity index is 1.78. The van der Waals surface area contributed by atoms with Crippen molar-refractivity contribution in [1.82, 2.24) is 0 Å². The molecule has 0 saturated heterocycles. The maximum absolute atomic E-state index is 6.28. The molecule has 0 heterocycles. The molecular formula is C24H15Cl. The molecule has 0 spiro atoms. The van der Waals surface area contributed by atoms with Crippen LogP contribution >= 0.6 is 11.6 Å². The Bertz CT molecular complexity index is 1090. The summed E-state index contributed by atoms with van der Waals surface area (Å²) < 4.78 is 0. The van der Waals surface area contributed by atoms with E-state index in [0.29, 0.717) is 0 Å². The van der Waals surface area contributed by atoms with Crippen molar-refractivity contribution < 1.29 is 0 Å². The van der Waals surface area contributed by atoms with Crippen LogP contribution in [-0.2, 0) is 0 Å². The fourth-order valence-corrected chi connectivity index (χ4v) is 3.77. The number of halogens is 1. The standard InChI is InChI=1S/C24H15Cl/c25-20-12-6-11-19(13-20)23(16-7-2-1-3-8-16)24-21-14-17-9-4-5-10-18(17)15-22(21)24/h1-15H. The van der Waals surface area contributed by atoms with Crippen LogP contribution in [0.5, 0.6) is 0 Å². The Kier molecular flexibility index (Phi) is 3.26. The third-order valence-electron chi connectivity index (χ3n) is 4.79. The van der Waals surface area contributed by atoms with E-state index in [1.165, 1.54) is 38.6 Å². The third-order valence-corrected chi connectivity index (χ3v) is 5.02. The highest BCUT2D eigenvalue weighted by Gasteiger charge is 2.30. The van der Waals surface area contributed by atoms with Crippen LogP contribution in [0.25, 0.3) is 21.9 Å². The minimum atomic E-state index is 0.765. The highest BCUT2D eigenvalue weighted by molar-refractivity contribution is 6.31. The second-order valence-corrected chi connectivity index (χ2v) is 6.81. The summed E-state index contributed by atoms with van der Waals surface area (Å²) in [5.41, 5.74) is 7.67. The van der Waals surface area contributed by atoms with Crippen LogP contribution in [0, 0.1) is 0 Å². The molecule has 0 unspecified atom stereocenters. The van der Waals surface area contributed by atoms with Gasteiger partial charge < -0.3 is 0 Å². The zero-order valence-electron chi connectivity index (χ0n) is 13.5. The molecule has 0 atom stereocenters. The summed E-state index contributed by atoms with van der Waals surface area (Å²) in [7, 11) is 0. The number of rotatable bonds is 2. The van der Waals surface area contributed by atoms with E-state index >= 15 is 0 Å². The van der Waals surface area contributed by atoms with Crippen molar-refractivity contribution in [2.24, 2.45) is 0 Å². The highest BCUT2D eigenvalue weighted by atomic mass is 35.5. The second-order valence-electron chi connectivity index (χ2n) is 6.37. The van der Waals surface area contributed by atoms with Gasteiger partial charge in [0.05, 0.1) is 0 Å². The monoisotopic (exact) mass is 338 g/mol. The summed E-state index contributed by atoms with van der Waals surface area (Å²) >= 11 is 6.28. The van der Waals surface area contributed by atoms with E-state index in [2.05, 4.69) is 78.9 Å². The molecule has 0 aromatic heterocycles. The van der Waals surface area contributed by atoms with Crippen molar-refractivity contribution in [3.63, 3.8) is 0 Å². The van der Waals surface area contributed by atoms with Gasteiger partial charge in [0, 0.05) is 5.02 Å². The third kappa shape index (κ3) is 2.47. The van der Waals surface area contributed by atoms with Crippen LogP contribution < -0.4 is 0 Å². The van der Waals surface area contributed by atoms with E-state index in [9.17, 15) is 0 Å². The van der Waals surface area contributed by atoms with Crippen LogP contribution in [0.15, 0.2) is 91.0 Å². The van der Waals surface area contributed by atoms with Crippen LogP contribution in [0.1, 0.15) is 22.3 Å². The van der Waals surface area contributed by atoms with Crippen molar-refractivity contribution in [1.29, 1.82) is 0 Å². The van der Waals surface area contributed by atoms with E-state index in [0.717, 1.165) is 10.6 Å². The topological polar surface area (TPSA) is 0 Å². The summed E-state index contributed by atoms with van der Waals surface area (Å²) in [6, 6.07) is 31.8. The van der Waals surface area contributed by atoms with E-state index in [4.69, 9.17) is 11.6 Å². The molecule has 118 valence electrons. The predicted molar refractivity (Wildman–Crippen MR) is 107 cm³/mol. The van der Waals surface area contributed by atoms with Crippen LogP contribution in [0.4, 0.5) is 0 Å². The summed E-state index contributed by atoms with van der Waals surface area (Å²) in [6.45, 7) is 0. The van der Waals surface area contributed by atoms with Crippen molar-refractivity contribution >= 4 is 33.5 Å². The van der Waals surface area contributed by atoms with Crippen LogP contribution in [0.3, 0.4) is 0 Å². The molecule has 0 amide bonds. The van der Waals surface area contributed by atoms with E-state index in [1.54, 1.807) is 0 Å². The largest absolute Gasteiger partial charge is 0.0843 e. The molecule has 4 aromatic rings. The Morgan fingerprint density at radius 3 is 1.80 bits per heavy atom. The summed E-state index contributed by atoms with van der Waals surface area (Å²) in [6.07, 6.45) is 0. The van der Waals surface area contributed by atoms with E-state index in [-0.39, 0.29) is 0 Å². The number of hydrogen-bond acceptors (Lipinski definition) is 0. The first-order chi connectivity index (χ1) is 12.3. The predicted octanol–water partition coefficient (Wildman–Crippen LogP) is 6.81. The Morgan fingerprint density at radius 1 is 0.560 bits per heavy atom. The zero-order valence-corrected chi connectivity index (χ0v) is 14.3. The van der Waals surface area contributed by atoms with Gasteiger partial charge >= 0.3 is 0 Å². The van der Waals surface area contributed by atoms with Crippen molar-refractivity contribution in [2.45, 2.75) is 0 Å². The van der Waals surface area contributed by atoms with Crippen LogP contribution in [0.2, 0.25) is 5.02 Å². The Hall–Kier alpha value is -2.83. The average molecular weight is 339 g/mol. The summed E-state index contributed by atoms with van der Waals surface area (Å²) in [4.78, 5) is 0. The maximum atomic E-state index is 6.28. The quantitative estimate of drug-likeness (QED) is 0.331. The minimum absolute atomic E-state index is 0.765. The van der Waals surface area contributed by atoms with E-state index in [1.807, 2.05) is 12.1 Å². The number of fused-ring (bicyclic) bond motifs is 2. The fraction of sp³-hybridized carbons (Fsp3) is 0. The lowest BCUT2D eigenvalue weighted by atomic mass is 9.96. The molecule has 1 heteroatoms. The first-order valence-electron chi connectivity index (χ1n) is 8.40. The lowest BCUT2D eigenvalue weighted by Gasteiger charge is -2.08. The fourth-order valence-electron chi connectivity index (χ4n) is 3.58. The molecular weight excluding hydrogens is 324 g/mol. The zero-order chi connectivity index (χ0) is 16.8. The second kappa shape index (κ2) is 5.61. The first kappa shape index (κ1) is 14.5. The van der Waals surface area contributed by atoms with Gasteiger partial charge in [0.25, 0.3) is 0 Å². The lowest BCUT2D eigenvalue weighted by Crippen LogP contribution is -1.88. The molecule has 0 aliphatic heterocycles. The van der Waals surface area contributed by atoms with Crippen LogP contribution in [-0.4, -0.2) is 0 Å². The van der Waals surface area contributed by atoms with Gasteiger partial charge in [0.2, 0.25) is 0 Å². The van der Waals surface area contributed by atoms with Gasteiger partial charge in [-0.15, -0.1) is 0 Å². The average Bonchev–Trinajstić information content (AvgIpc) is 3.33. The molecule has 0 fully saturated rings. The molecule has 25 heavy (non-hydrogen) atoms. The van der Waals surface area contributed by atoms with Gasteiger partial charge in [0.15, 0.2) is 0 Å². The maximum Gasteiger partial charge on any atom is 0.0412 e. The molecule has 1 aliphatic rings. The molecule has 5 rings (SSSR count). The molecule has 0 bridgehead atoms. The SMILES string of the molecule is Clc1cccc(C(=C2c3cc4ccccc4cc32)c2ccccc2)c1. The van der Waals surface area contributed by atoms with Crippen molar-refractivity contribution in [3.8, 4) is 0 Å². The van der Waals surface area contributed by atoms with Gasteiger partial charge in [-0.25, -0.2) is 0 Å². The Morgan fingerprint density at radius 2 is 1.16 bits per heavy atom. The van der Waals surface area contributed by atoms with Gasteiger partial charge in [-0.05, 0) is 68.4 Å². The molecule has 0 nitrogen and oxygen atoms in total. The molecule has 4 aromatic carbocycles. The van der Waals surface area contributed by atoms with E-state index < -0.39 is 0 Å². The molecule has 0 saturated carbocycles. The molecule has 0 N–H and O–H groups in total.